The lowest BCUT2D eigenvalue weighted by molar-refractivity contribution is 0.0741. The van der Waals surface area contributed by atoms with Crippen LogP contribution in [0.3, 0.4) is 0 Å². The van der Waals surface area contributed by atoms with Gasteiger partial charge in [0.25, 0.3) is 5.91 Å². The normalized spacial score (nSPS) is 14.9. The summed E-state index contributed by atoms with van der Waals surface area (Å²) in [6, 6.07) is 12.2. The average molecular weight is 559 g/mol. The summed E-state index contributed by atoms with van der Waals surface area (Å²) in [4.78, 5) is 22.6. The Balaban J connectivity index is 1.67. The average Bonchev–Trinajstić information content (AvgIpc) is 3.34. The Hall–Kier alpha value is -3.19. The minimum Gasteiger partial charge on any atom is -0.384 e. The third kappa shape index (κ3) is 8.19. The van der Waals surface area contributed by atoms with Crippen molar-refractivity contribution in [2.75, 3.05) is 39.8 Å². The molecular weight excluding hydrogens is 508 g/mol. The van der Waals surface area contributed by atoms with Crippen LogP contribution in [0.4, 0.5) is 0 Å². The van der Waals surface area contributed by atoms with Crippen molar-refractivity contribution in [1.29, 1.82) is 0 Å². The SMILES string of the molecule is C/N=C(\N)c1ccc(-c2nn3ccc(C(=O)N(CCC(C)C)CCC(C)C)cc3c2CCCN2CCCCC2)cc1. The predicted octanol–water partition coefficient (Wildman–Crippen LogP) is 6.29. The molecule has 0 aliphatic carbocycles. The van der Waals surface area contributed by atoms with Crippen LogP contribution in [-0.4, -0.2) is 70.9 Å². The summed E-state index contributed by atoms with van der Waals surface area (Å²) in [5.41, 5.74) is 12.0. The Bertz CT molecular complexity index is 1290. The lowest BCUT2D eigenvalue weighted by Gasteiger charge is -2.26. The molecule has 0 saturated carbocycles. The van der Waals surface area contributed by atoms with Crippen LogP contribution in [0.1, 0.15) is 87.7 Å². The Labute approximate surface area is 246 Å². The largest absolute Gasteiger partial charge is 0.384 e. The van der Waals surface area contributed by atoms with E-state index in [9.17, 15) is 4.79 Å². The van der Waals surface area contributed by atoms with Gasteiger partial charge < -0.3 is 15.5 Å². The van der Waals surface area contributed by atoms with E-state index < -0.39 is 0 Å². The number of likely N-dealkylation sites (tertiary alicyclic amines) is 1. The second-order valence-electron chi connectivity index (χ2n) is 12.4. The first kappa shape index (κ1) is 30.8. The highest BCUT2D eigenvalue weighted by molar-refractivity contribution is 5.98. The molecule has 0 unspecified atom stereocenters. The molecule has 1 aliphatic rings. The van der Waals surface area contributed by atoms with Crippen LogP contribution in [0, 0.1) is 11.8 Å². The van der Waals surface area contributed by atoms with Gasteiger partial charge in [0.2, 0.25) is 0 Å². The number of amidine groups is 1. The van der Waals surface area contributed by atoms with Gasteiger partial charge in [0.15, 0.2) is 0 Å². The molecule has 2 N–H and O–H groups in total. The monoisotopic (exact) mass is 558 g/mol. The minimum absolute atomic E-state index is 0.120. The quantitative estimate of drug-likeness (QED) is 0.198. The fourth-order valence-corrected chi connectivity index (χ4v) is 5.62. The number of hydrogen-bond acceptors (Lipinski definition) is 4. The van der Waals surface area contributed by atoms with E-state index in [0.29, 0.717) is 17.7 Å². The van der Waals surface area contributed by atoms with Crippen molar-refractivity contribution in [2.24, 2.45) is 22.6 Å². The molecule has 4 rings (SSSR count). The van der Waals surface area contributed by atoms with Crippen LogP contribution in [0.2, 0.25) is 0 Å². The van der Waals surface area contributed by atoms with Crippen molar-refractivity contribution < 1.29 is 4.79 Å². The molecular formula is C34H50N6O. The first-order chi connectivity index (χ1) is 19.8. The van der Waals surface area contributed by atoms with Crippen molar-refractivity contribution in [3.05, 3.63) is 59.3 Å². The van der Waals surface area contributed by atoms with E-state index in [1.165, 1.54) is 37.9 Å². The number of rotatable bonds is 13. The molecule has 1 fully saturated rings. The number of aliphatic imine (C=N–C) groups is 1. The highest BCUT2D eigenvalue weighted by Crippen LogP contribution is 2.29. The number of pyridine rings is 1. The van der Waals surface area contributed by atoms with Crippen LogP contribution >= 0.6 is 0 Å². The number of amides is 1. The highest BCUT2D eigenvalue weighted by Gasteiger charge is 2.21. The van der Waals surface area contributed by atoms with Gasteiger partial charge in [-0.3, -0.25) is 9.79 Å². The fourth-order valence-electron chi connectivity index (χ4n) is 5.62. The number of carbonyl (C=O) groups is 1. The highest BCUT2D eigenvalue weighted by atomic mass is 16.2. The zero-order valence-electron chi connectivity index (χ0n) is 25.9. The summed E-state index contributed by atoms with van der Waals surface area (Å²) in [5.74, 6) is 1.76. The molecule has 0 radical (unpaired) electrons. The van der Waals surface area contributed by atoms with Crippen LogP contribution in [0.5, 0.6) is 0 Å². The van der Waals surface area contributed by atoms with Crippen molar-refractivity contribution in [2.45, 2.75) is 72.6 Å². The van der Waals surface area contributed by atoms with E-state index in [1.807, 2.05) is 28.9 Å². The number of nitrogens with two attached hydrogens (primary N) is 1. The van der Waals surface area contributed by atoms with Crippen molar-refractivity contribution in [3.63, 3.8) is 0 Å². The molecule has 222 valence electrons. The maximum absolute atomic E-state index is 13.8. The number of hydrogen-bond donors (Lipinski definition) is 1. The molecule has 3 aromatic rings. The summed E-state index contributed by atoms with van der Waals surface area (Å²) in [6.07, 6.45) is 9.90. The van der Waals surface area contributed by atoms with Gasteiger partial charge in [0.1, 0.15) is 5.84 Å². The molecule has 1 aromatic carbocycles. The van der Waals surface area contributed by atoms with Gasteiger partial charge in [-0.2, -0.15) is 5.10 Å². The van der Waals surface area contributed by atoms with Crippen LogP contribution < -0.4 is 5.73 Å². The summed E-state index contributed by atoms with van der Waals surface area (Å²) in [7, 11) is 1.71. The van der Waals surface area contributed by atoms with E-state index in [4.69, 9.17) is 10.8 Å². The van der Waals surface area contributed by atoms with E-state index >= 15 is 0 Å². The van der Waals surface area contributed by atoms with Gasteiger partial charge in [-0.25, -0.2) is 4.52 Å². The number of piperidine rings is 1. The number of aromatic nitrogens is 2. The number of fused-ring (bicyclic) bond motifs is 1. The standard InChI is InChI=1S/C34H50N6O/c1-25(2)15-21-39(22-16-26(3)4)34(41)29-17-23-40-31(24-29)30(10-9-20-38-18-7-6-8-19-38)32(37-40)27-11-13-28(14-12-27)33(35)36-5/h11-14,17,23-26H,6-10,15-16,18-22H2,1-5H3,(H2,35,36). The Kier molecular flexibility index (Phi) is 11.0. The molecule has 0 atom stereocenters. The first-order valence-electron chi connectivity index (χ1n) is 15.6. The molecule has 0 bridgehead atoms. The van der Waals surface area contributed by atoms with Crippen molar-refractivity contribution in [1.82, 2.24) is 19.4 Å². The zero-order chi connectivity index (χ0) is 29.4. The van der Waals surface area contributed by atoms with Gasteiger partial charge >= 0.3 is 0 Å². The van der Waals surface area contributed by atoms with Gasteiger partial charge in [0.05, 0.1) is 11.2 Å². The van der Waals surface area contributed by atoms with E-state index in [0.717, 1.165) is 73.2 Å². The lowest BCUT2D eigenvalue weighted by atomic mass is 10.00. The third-order valence-electron chi connectivity index (χ3n) is 8.27. The molecule has 0 spiro atoms. The molecule has 2 aromatic heterocycles. The third-order valence-corrected chi connectivity index (χ3v) is 8.27. The molecule has 1 aliphatic heterocycles. The van der Waals surface area contributed by atoms with Crippen molar-refractivity contribution in [3.8, 4) is 11.3 Å². The molecule has 41 heavy (non-hydrogen) atoms. The summed E-state index contributed by atoms with van der Waals surface area (Å²) >= 11 is 0. The molecule has 7 nitrogen and oxygen atoms in total. The Morgan fingerprint density at radius 3 is 2.24 bits per heavy atom. The van der Waals surface area contributed by atoms with E-state index in [1.54, 1.807) is 7.05 Å². The summed E-state index contributed by atoms with van der Waals surface area (Å²) in [5, 5.41) is 5.02. The molecule has 3 heterocycles. The number of carbonyl (C=O) groups excluding carboxylic acids is 1. The van der Waals surface area contributed by atoms with Gasteiger partial charge in [-0.05, 0) is 82.1 Å². The van der Waals surface area contributed by atoms with Gasteiger partial charge in [-0.1, -0.05) is 58.4 Å². The molecule has 1 saturated heterocycles. The van der Waals surface area contributed by atoms with Crippen LogP contribution in [-0.2, 0) is 6.42 Å². The van der Waals surface area contributed by atoms with Crippen LogP contribution in [0.15, 0.2) is 47.6 Å². The second-order valence-corrected chi connectivity index (χ2v) is 12.4. The zero-order valence-corrected chi connectivity index (χ0v) is 25.9. The van der Waals surface area contributed by atoms with Gasteiger partial charge in [0, 0.05) is 48.6 Å². The predicted molar refractivity (Wildman–Crippen MR) is 171 cm³/mol. The maximum Gasteiger partial charge on any atom is 0.253 e. The van der Waals surface area contributed by atoms with Gasteiger partial charge in [-0.15, -0.1) is 0 Å². The fraction of sp³-hybridized carbons (Fsp3) is 0.559. The topological polar surface area (TPSA) is 79.2 Å². The summed E-state index contributed by atoms with van der Waals surface area (Å²) < 4.78 is 1.95. The minimum atomic E-state index is 0.120. The van der Waals surface area contributed by atoms with Crippen molar-refractivity contribution >= 4 is 17.3 Å². The van der Waals surface area contributed by atoms with Crippen LogP contribution in [0.25, 0.3) is 16.8 Å². The second kappa shape index (κ2) is 14.6. The number of benzene rings is 1. The summed E-state index contributed by atoms with van der Waals surface area (Å²) in [6.45, 7) is 13.9. The number of aryl methyl sites for hydroxylation is 1. The lowest BCUT2D eigenvalue weighted by Crippen LogP contribution is -2.34. The van der Waals surface area contributed by atoms with E-state index in [-0.39, 0.29) is 5.91 Å². The van der Waals surface area contributed by atoms with E-state index in [2.05, 4.69) is 60.7 Å². The maximum atomic E-state index is 13.8. The first-order valence-corrected chi connectivity index (χ1v) is 15.6. The Morgan fingerprint density at radius 1 is 0.976 bits per heavy atom. The smallest absolute Gasteiger partial charge is 0.253 e. The molecule has 7 heteroatoms. The Morgan fingerprint density at radius 2 is 1.63 bits per heavy atom. The molecule has 1 amide bonds. The number of nitrogens with zero attached hydrogens (tertiary/aromatic N) is 5.